The van der Waals surface area contributed by atoms with Gasteiger partial charge in [0.05, 0.1) is 25.3 Å². The molecule has 0 bridgehead atoms. The number of fused-ring (bicyclic) bond motifs is 2. The molecular formula is C16H12O6. The summed E-state index contributed by atoms with van der Waals surface area (Å²) in [6, 6.07) is 5.12. The molecule has 0 amide bonds. The van der Waals surface area contributed by atoms with Crippen molar-refractivity contribution >= 4 is 11.6 Å². The van der Waals surface area contributed by atoms with Gasteiger partial charge in [0.25, 0.3) is 0 Å². The number of rotatable bonds is 2. The molecule has 0 saturated heterocycles. The first-order valence-corrected chi connectivity index (χ1v) is 6.40. The van der Waals surface area contributed by atoms with E-state index in [0.29, 0.717) is 11.5 Å². The molecule has 0 aliphatic heterocycles. The predicted octanol–water partition coefficient (Wildman–Crippen LogP) is 1.89. The molecule has 2 aromatic rings. The monoisotopic (exact) mass is 300 g/mol. The van der Waals surface area contributed by atoms with Crippen LogP contribution in [0.1, 0.15) is 31.8 Å². The summed E-state index contributed by atoms with van der Waals surface area (Å²) in [6.45, 7) is 0. The number of phenolic OH excluding ortho intramolecular Hbond substituents is 2. The van der Waals surface area contributed by atoms with Crippen molar-refractivity contribution in [3.05, 3.63) is 46.5 Å². The molecule has 0 spiro atoms. The molecule has 0 atom stereocenters. The summed E-state index contributed by atoms with van der Waals surface area (Å²) in [5, 5.41) is 19.8. The van der Waals surface area contributed by atoms with Crippen molar-refractivity contribution in [1.82, 2.24) is 0 Å². The molecule has 0 aromatic heterocycles. The van der Waals surface area contributed by atoms with Crippen LogP contribution in [0.5, 0.6) is 23.0 Å². The minimum absolute atomic E-state index is 0.0936. The van der Waals surface area contributed by atoms with Gasteiger partial charge in [-0.25, -0.2) is 0 Å². The Morgan fingerprint density at radius 1 is 0.773 bits per heavy atom. The van der Waals surface area contributed by atoms with Gasteiger partial charge in [-0.05, 0) is 24.3 Å². The van der Waals surface area contributed by atoms with E-state index >= 15 is 0 Å². The molecule has 6 nitrogen and oxygen atoms in total. The normalized spacial score (nSPS) is 12.6. The maximum atomic E-state index is 12.6. The first-order valence-electron chi connectivity index (χ1n) is 6.40. The molecule has 2 aromatic carbocycles. The Balaban J connectivity index is 2.34. The molecule has 3 rings (SSSR count). The summed E-state index contributed by atoms with van der Waals surface area (Å²) in [4.78, 5) is 25.1. The van der Waals surface area contributed by atoms with Gasteiger partial charge < -0.3 is 19.7 Å². The Morgan fingerprint density at radius 3 is 1.45 bits per heavy atom. The molecule has 2 N–H and O–H groups in total. The van der Waals surface area contributed by atoms with Gasteiger partial charge in [0.15, 0.2) is 23.1 Å². The Morgan fingerprint density at radius 2 is 1.14 bits per heavy atom. The molecule has 112 valence electrons. The van der Waals surface area contributed by atoms with Crippen LogP contribution in [-0.2, 0) is 0 Å². The maximum Gasteiger partial charge on any atom is 0.198 e. The lowest BCUT2D eigenvalue weighted by Crippen LogP contribution is -2.21. The van der Waals surface area contributed by atoms with Crippen molar-refractivity contribution in [2.75, 3.05) is 14.2 Å². The van der Waals surface area contributed by atoms with Crippen molar-refractivity contribution in [2.45, 2.75) is 0 Å². The Labute approximate surface area is 125 Å². The average molecular weight is 300 g/mol. The summed E-state index contributed by atoms with van der Waals surface area (Å²) in [7, 11) is 2.83. The largest absolute Gasteiger partial charge is 0.507 e. The van der Waals surface area contributed by atoms with E-state index in [2.05, 4.69) is 0 Å². The number of carbonyl (C=O) groups excluding carboxylic acids is 2. The van der Waals surface area contributed by atoms with Gasteiger partial charge >= 0.3 is 0 Å². The van der Waals surface area contributed by atoms with Crippen LogP contribution >= 0.6 is 0 Å². The fourth-order valence-corrected chi connectivity index (χ4v) is 2.56. The van der Waals surface area contributed by atoms with Gasteiger partial charge in [0, 0.05) is 11.1 Å². The number of hydrogen-bond acceptors (Lipinski definition) is 6. The van der Waals surface area contributed by atoms with Gasteiger partial charge in [0.1, 0.15) is 11.5 Å². The summed E-state index contributed by atoms with van der Waals surface area (Å²) in [6.07, 6.45) is 0. The number of methoxy groups -OCH3 is 2. The van der Waals surface area contributed by atoms with Crippen LogP contribution in [0.4, 0.5) is 0 Å². The Hall–Kier alpha value is -3.02. The Bertz CT molecular complexity index is 754. The standard InChI is InChI=1S/C16H12O6/c1-21-11-5-7-8(6-12(11)22-2)16(20)14-10(18)4-3-9(17)13(14)15(7)19/h3-6,17-18H,1-2H3. The van der Waals surface area contributed by atoms with Gasteiger partial charge in [-0.15, -0.1) is 0 Å². The minimum Gasteiger partial charge on any atom is -0.507 e. The lowest BCUT2D eigenvalue weighted by atomic mass is 9.83. The van der Waals surface area contributed by atoms with Gasteiger partial charge in [-0.1, -0.05) is 0 Å². The van der Waals surface area contributed by atoms with Crippen LogP contribution in [0.25, 0.3) is 0 Å². The number of ketones is 2. The van der Waals surface area contributed by atoms with E-state index in [1.807, 2.05) is 0 Å². The summed E-state index contributed by atoms with van der Waals surface area (Å²) in [5.41, 5.74) is -0.221. The molecule has 22 heavy (non-hydrogen) atoms. The van der Waals surface area contributed by atoms with Crippen molar-refractivity contribution < 1.29 is 29.3 Å². The molecular weight excluding hydrogens is 288 g/mol. The highest BCUT2D eigenvalue weighted by Crippen LogP contribution is 2.41. The number of benzene rings is 2. The molecule has 1 aliphatic carbocycles. The van der Waals surface area contributed by atoms with E-state index in [1.165, 1.54) is 38.5 Å². The van der Waals surface area contributed by atoms with Crippen LogP contribution in [0.15, 0.2) is 24.3 Å². The topological polar surface area (TPSA) is 93.1 Å². The Kier molecular flexibility index (Phi) is 3.02. The second kappa shape index (κ2) is 4.77. The van der Waals surface area contributed by atoms with Gasteiger partial charge in [-0.2, -0.15) is 0 Å². The zero-order valence-electron chi connectivity index (χ0n) is 11.8. The lowest BCUT2D eigenvalue weighted by Gasteiger charge is -2.20. The van der Waals surface area contributed by atoms with Crippen molar-refractivity contribution in [3.8, 4) is 23.0 Å². The van der Waals surface area contributed by atoms with Gasteiger partial charge in [-0.3, -0.25) is 9.59 Å². The van der Waals surface area contributed by atoms with E-state index in [0.717, 1.165) is 0 Å². The van der Waals surface area contributed by atoms with E-state index < -0.39 is 11.6 Å². The third-order valence-electron chi connectivity index (χ3n) is 3.63. The fourth-order valence-electron chi connectivity index (χ4n) is 2.56. The van der Waals surface area contributed by atoms with E-state index in [1.54, 1.807) is 0 Å². The smallest absolute Gasteiger partial charge is 0.198 e. The summed E-state index contributed by atoms with van der Waals surface area (Å²) < 4.78 is 10.3. The minimum atomic E-state index is -0.557. The number of carbonyl (C=O) groups is 2. The molecule has 0 heterocycles. The molecule has 0 saturated carbocycles. The van der Waals surface area contributed by atoms with Crippen LogP contribution in [0.3, 0.4) is 0 Å². The predicted molar refractivity (Wildman–Crippen MR) is 76.2 cm³/mol. The van der Waals surface area contributed by atoms with Crippen molar-refractivity contribution in [2.24, 2.45) is 0 Å². The third-order valence-corrected chi connectivity index (χ3v) is 3.63. The SMILES string of the molecule is COc1cc2c(cc1OC)C(=O)c1c(O)ccc(O)c1C2=O. The average Bonchev–Trinajstić information content (AvgIpc) is 2.53. The van der Waals surface area contributed by atoms with E-state index in [4.69, 9.17) is 9.47 Å². The van der Waals surface area contributed by atoms with Gasteiger partial charge in [0.2, 0.25) is 0 Å². The number of phenols is 2. The van der Waals surface area contributed by atoms with Crippen LogP contribution in [-0.4, -0.2) is 36.0 Å². The number of hydrogen-bond donors (Lipinski definition) is 2. The summed E-state index contributed by atoms with van der Waals surface area (Å²) >= 11 is 0. The molecule has 0 radical (unpaired) electrons. The first kappa shape index (κ1) is 13.9. The summed E-state index contributed by atoms with van der Waals surface area (Å²) in [5.74, 6) is -1.23. The maximum absolute atomic E-state index is 12.6. The highest BCUT2D eigenvalue weighted by Gasteiger charge is 2.35. The van der Waals surface area contributed by atoms with E-state index in [9.17, 15) is 19.8 Å². The second-order valence-electron chi connectivity index (χ2n) is 4.76. The first-order chi connectivity index (χ1) is 10.5. The van der Waals surface area contributed by atoms with Crippen molar-refractivity contribution in [3.63, 3.8) is 0 Å². The van der Waals surface area contributed by atoms with Crippen LogP contribution in [0, 0.1) is 0 Å². The fraction of sp³-hybridized carbons (Fsp3) is 0.125. The zero-order chi connectivity index (χ0) is 16.0. The molecule has 1 aliphatic rings. The molecule has 0 unspecified atom stereocenters. The van der Waals surface area contributed by atoms with Crippen LogP contribution < -0.4 is 9.47 Å². The number of ether oxygens (including phenoxy) is 2. The zero-order valence-corrected chi connectivity index (χ0v) is 11.8. The lowest BCUT2D eigenvalue weighted by molar-refractivity contribution is 0.0973. The number of aromatic hydroxyl groups is 2. The van der Waals surface area contributed by atoms with E-state index in [-0.39, 0.29) is 33.8 Å². The highest BCUT2D eigenvalue weighted by molar-refractivity contribution is 6.30. The highest BCUT2D eigenvalue weighted by atomic mass is 16.5. The quantitative estimate of drug-likeness (QED) is 0.702. The molecule has 0 fully saturated rings. The van der Waals surface area contributed by atoms with Crippen LogP contribution in [0.2, 0.25) is 0 Å². The molecule has 6 heteroatoms. The second-order valence-corrected chi connectivity index (χ2v) is 4.76. The third kappa shape index (κ3) is 1.74. The van der Waals surface area contributed by atoms with Crippen molar-refractivity contribution in [1.29, 1.82) is 0 Å².